The van der Waals surface area contributed by atoms with Gasteiger partial charge in [0.25, 0.3) is 0 Å². The highest BCUT2D eigenvalue weighted by molar-refractivity contribution is 9.09. The van der Waals surface area contributed by atoms with Gasteiger partial charge in [-0.3, -0.25) is 0 Å². The lowest BCUT2D eigenvalue weighted by Crippen LogP contribution is -1.93. The van der Waals surface area contributed by atoms with E-state index in [1.807, 2.05) is 18.2 Å². The van der Waals surface area contributed by atoms with E-state index in [4.69, 9.17) is 4.74 Å². The number of hydrogen-bond acceptors (Lipinski definition) is 1. The molecule has 0 heterocycles. The highest BCUT2D eigenvalue weighted by Gasteiger charge is 1.92. The smallest absolute Gasteiger partial charge is 0.0721 e. The Morgan fingerprint density at radius 3 is 2.75 bits per heavy atom. The third kappa shape index (κ3) is 6.09. The summed E-state index contributed by atoms with van der Waals surface area (Å²) in [7, 11) is 0. The maximum Gasteiger partial charge on any atom is 0.0721 e. The van der Waals surface area contributed by atoms with Crippen LogP contribution in [0.15, 0.2) is 42.0 Å². The van der Waals surface area contributed by atoms with Crippen molar-refractivity contribution in [2.75, 3.05) is 11.9 Å². The van der Waals surface area contributed by atoms with Gasteiger partial charge in [-0.05, 0) is 25.3 Å². The van der Waals surface area contributed by atoms with Crippen LogP contribution in [0.4, 0.5) is 0 Å². The lowest BCUT2D eigenvalue weighted by atomic mass is 10.2. The minimum Gasteiger partial charge on any atom is -0.373 e. The highest BCUT2D eigenvalue weighted by Crippen LogP contribution is 2.06. The summed E-state index contributed by atoms with van der Waals surface area (Å²) in [5.41, 5.74) is 2.64. The van der Waals surface area contributed by atoms with Crippen molar-refractivity contribution in [3.8, 4) is 0 Å². The normalized spacial score (nSPS) is 11.8. The number of rotatable bonds is 7. The molecule has 1 nitrogen and oxygen atoms in total. The molecule has 16 heavy (non-hydrogen) atoms. The van der Waals surface area contributed by atoms with Crippen LogP contribution in [-0.2, 0) is 11.3 Å². The van der Waals surface area contributed by atoms with Crippen LogP contribution < -0.4 is 0 Å². The van der Waals surface area contributed by atoms with Gasteiger partial charge in [0.2, 0.25) is 0 Å². The Bertz CT molecular complexity index is 306. The summed E-state index contributed by atoms with van der Waals surface area (Å²) in [6.45, 7) is 3.57. The molecule has 0 saturated heterocycles. The molecule has 0 aliphatic carbocycles. The molecule has 0 fully saturated rings. The molecule has 0 radical (unpaired) electrons. The molecule has 0 aliphatic rings. The summed E-state index contributed by atoms with van der Waals surface area (Å²) in [4.78, 5) is 0. The van der Waals surface area contributed by atoms with Crippen molar-refractivity contribution in [2.45, 2.75) is 26.4 Å². The Morgan fingerprint density at radius 1 is 1.31 bits per heavy atom. The number of ether oxygens (including phenoxy) is 1. The molecule has 0 aromatic heterocycles. The fourth-order valence-corrected chi connectivity index (χ4v) is 1.68. The van der Waals surface area contributed by atoms with E-state index in [1.165, 1.54) is 17.6 Å². The standard InChI is InChI=1S/C14H19BrO/c1-13(6-5-10-15)9-11-16-12-14-7-3-2-4-8-14/h2-4,7-9H,5-6,10-12H2,1H3/b13-9-. The average molecular weight is 283 g/mol. The quantitative estimate of drug-likeness (QED) is 0.411. The van der Waals surface area contributed by atoms with Crippen LogP contribution in [0.2, 0.25) is 0 Å². The molecule has 0 amide bonds. The minimum absolute atomic E-state index is 0.697. The van der Waals surface area contributed by atoms with Crippen molar-refractivity contribution in [2.24, 2.45) is 0 Å². The molecule has 0 aliphatic heterocycles. The maximum atomic E-state index is 5.58. The zero-order chi connectivity index (χ0) is 11.6. The molecular weight excluding hydrogens is 264 g/mol. The molecule has 0 spiro atoms. The average Bonchev–Trinajstić information content (AvgIpc) is 2.33. The fraction of sp³-hybridized carbons (Fsp3) is 0.429. The lowest BCUT2D eigenvalue weighted by molar-refractivity contribution is 0.148. The van der Waals surface area contributed by atoms with Gasteiger partial charge in [0, 0.05) is 5.33 Å². The lowest BCUT2D eigenvalue weighted by Gasteiger charge is -2.02. The third-order valence-electron chi connectivity index (χ3n) is 2.37. The molecular formula is C14H19BrO. The Labute approximate surface area is 107 Å². The highest BCUT2D eigenvalue weighted by atomic mass is 79.9. The van der Waals surface area contributed by atoms with Gasteiger partial charge in [-0.1, -0.05) is 57.9 Å². The van der Waals surface area contributed by atoms with Gasteiger partial charge < -0.3 is 4.74 Å². The van der Waals surface area contributed by atoms with E-state index in [1.54, 1.807) is 0 Å². The Kier molecular flexibility index (Phi) is 7.19. The predicted molar refractivity (Wildman–Crippen MR) is 72.9 cm³/mol. The predicted octanol–water partition coefficient (Wildman–Crippen LogP) is 4.32. The van der Waals surface area contributed by atoms with Gasteiger partial charge in [-0.2, -0.15) is 0 Å². The van der Waals surface area contributed by atoms with Crippen LogP contribution >= 0.6 is 15.9 Å². The summed E-state index contributed by atoms with van der Waals surface area (Å²) in [5, 5.41) is 1.07. The maximum absolute atomic E-state index is 5.58. The second-order valence-electron chi connectivity index (χ2n) is 3.84. The summed E-state index contributed by atoms with van der Waals surface area (Å²) in [6, 6.07) is 10.3. The van der Waals surface area contributed by atoms with Gasteiger partial charge in [-0.15, -0.1) is 0 Å². The summed E-state index contributed by atoms with van der Waals surface area (Å²) in [5.74, 6) is 0. The molecule has 1 rings (SSSR count). The topological polar surface area (TPSA) is 9.23 Å². The van der Waals surface area contributed by atoms with Crippen molar-refractivity contribution < 1.29 is 4.74 Å². The van der Waals surface area contributed by atoms with Gasteiger partial charge in [0.05, 0.1) is 13.2 Å². The van der Waals surface area contributed by atoms with Crippen LogP contribution in [0.25, 0.3) is 0 Å². The molecule has 88 valence electrons. The molecule has 0 unspecified atom stereocenters. The molecule has 0 atom stereocenters. The van der Waals surface area contributed by atoms with Crippen LogP contribution in [0.3, 0.4) is 0 Å². The number of benzene rings is 1. The molecule has 2 heteroatoms. The molecule has 1 aromatic carbocycles. The summed E-state index contributed by atoms with van der Waals surface area (Å²) in [6.07, 6.45) is 4.52. The van der Waals surface area contributed by atoms with E-state index >= 15 is 0 Å². The SMILES string of the molecule is C/C(=C/COCc1ccccc1)CCCBr. The van der Waals surface area contributed by atoms with Crippen LogP contribution in [0.1, 0.15) is 25.3 Å². The number of allylic oxidation sites excluding steroid dienone is 1. The van der Waals surface area contributed by atoms with Crippen molar-refractivity contribution in [3.05, 3.63) is 47.5 Å². The van der Waals surface area contributed by atoms with Gasteiger partial charge in [0.15, 0.2) is 0 Å². The van der Waals surface area contributed by atoms with Gasteiger partial charge in [-0.25, -0.2) is 0 Å². The van der Waals surface area contributed by atoms with Crippen LogP contribution in [-0.4, -0.2) is 11.9 Å². The first-order valence-electron chi connectivity index (χ1n) is 5.66. The van der Waals surface area contributed by atoms with Gasteiger partial charge >= 0.3 is 0 Å². The Morgan fingerprint density at radius 2 is 2.06 bits per heavy atom. The molecule has 1 aromatic rings. The zero-order valence-electron chi connectivity index (χ0n) is 9.79. The van der Waals surface area contributed by atoms with E-state index in [-0.39, 0.29) is 0 Å². The first kappa shape index (κ1) is 13.5. The summed E-state index contributed by atoms with van der Waals surface area (Å²) < 4.78 is 5.58. The van der Waals surface area contributed by atoms with Crippen LogP contribution in [0.5, 0.6) is 0 Å². The monoisotopic (exact) mass is 282 g/mol. The number of hydrogen-bond donors (Lipinski definition) is 0. The summed E-state index contributed by atoms with van der Waals surface area (Å²) >= 11 is 3.43. The van der Waals surface area contributed by atoms with E-state index in [0.717, 1.165) is 11.8 Å². The molecule has 0 N–H and O–H groups in total. The second-order valence-corrected chi connectivity index (χ2v) is 4.64. The van der Waals surface area contributed by atoms with E-state index < -0.39 is 0 Å². The van der Waals surface area contributed by atoms with E-state index in [2.05, 4.69) is 41.1 Å². The second kappa shape index (κ2) is 8.54. The Hall–Kier alpha value is -0.600. The van der Waals surface area contributed by atoms with Crippen LogP contribution in [0, 0.1) is 0 Å². The molecule has 0 bridgehead atoms. The van der Waals surface area contributed by atoms with Crippen molar-refractivity contribution in [1.82, 2.24) is 0 Å². The minimum atomic E-state index is 0.697. The van der Waals surface area contributed by atoms with E-state index in [0.29, 0.717) is 13.2 Å². The number of alkyl halides is 1. The first-order chi connectivity index (χ1) is 7.83. The fourth-order valence-electron chi connectivity index (χ4n) is 1.40. The third-order valence-corrected chi connectivity index (χ3v) is 2.93. The van der Waals surface area contributed by atoms with Gasteiger partial charge in [0.1, 0.15) is 0 Å². The van der Waals surface area contributed by atoms with Crippen molar-refractivity contribution in [3.63, 3.8) is 0 Å². The largest absolute Gasteiger partial charge is 0.373 e. The molecule has 0 saturated carbocycles. The zero-order valence-corrected chi connectivity index (χ0v) is 11.4. The first-order valence-corrected chi connectivity index (χ1v) is 6.78. The van der Waals surface area contributed by atoms with E-state index in [9.17, 15) is 0 Å². The van der Waals surface area contributed by atoms with Crippen molar-refractivity contribution in [1.29, 1.82) is 0 Å². The number of halogens is 1. The van der Waals surface area contributed by atoms with Crippen molar-refractivity contribution >= 4 is 15.9 Å². The Balaban J connectivity index is 2.16.